The maximum Gasteiger partial charge on any atom is 0.414 e. The fraction of sp³-hybridized carbons (Fsp3) is 0.500. The second-order valence-corrected chi connectivity index (χ2v) is 9.41. The van der Waals surface area contributed by atoms with Crippen molar-refractivity contribution in [2.24, 2.45) is 0 Å². The average Bonchev–Trinajstić information content (AvgIpc) is 2.74. The monoisotopic (exact) mass is 452 g/mol. The van der Waals surface area contributed by atoms with E-state index in [0.29, 0.717) is 63.7 Å². The summed E-state index contributed by atoms with van der Waals surface area (Å²) in [5.74, 6) is 0.341. The van der Waals surface area contributed by atoms with Crippen molar-refractivity contribution in [3.8, 4) is 0 Å². The standard InChI is InChI=1S/C20H28N4O6S/c1-15(2)30-20(26)23-9-7-17(8-10-23)22-19(25)21-16-3-5-18(6-4-16)31(27,28)24-11-13-29-14-12-24/h3-6,17H,1,7-14H2,2H3,(H2,21,22,25). The molecule has 3 amide bonds. The number of nitrogens with one attached hydrogen (secondary N) is 2. The number of allylic oxidation sites excluding steroid dienone is 1. The number of morpholine rings is 1. The van der Waals surface area contributed by atoms with Crippen LogP contribution in [0.5, 0.6) is 0 Å². The van der Waals surface area contributed by atoms with Crippen molar-refractivity contribution >= 4 is 27.8 Å². The molecule has 2 fully saturated rings. The second-order valence-electron chi connectivity index (χ2n) is 7.47. The van der Waals surface area contributed by atoms with Crippen LogP contribution in [0.3, 0.4) is 0 Å². The van der Waals surface area contributed by atoms with Gasteiger partial charge in [-0.15, -0.1) is 0 Å². The minimum atomic E-state index is -3.57. The molecule has 0 aliphatic carbocycles. The fourth-order valence-corrected chi connectivity index (χ4v) is 4.83. The molecule has 2 aliphatic rings. The normalized spacial score (nSPS) is 18.3. The lowest BCUT2D eigenvalue weighted by Crippen LogP contribution is -2.47. The Morgan fingerprint density at radius 3 is 2.29 bits per heavy atom. The number of anilines is 1. The van der Waals surface area contributed by atoms with Gasteiger partial charge in [-0.2, -0.15) is 4.31 Å². The van der Waals surface area contributed by atoms with Crippen LogP contribution in [-0.2, 0) is 19.5 Å². The number of hydrogen-bond donors (Lipinski definition) is 2. The summed E-state index contributed by atoms with van der Waals surface area (Å²) >= 11 is 0. The van der Waals surface area contributed by atoms with Gasteiger partial charge in [0.2, 0.25) is 10.0 Å². The van der Waals surface area contributed by atoms with Crippen LogP contribution in [0.2, 0.25) is 0 Å². The second kappa shape index (κ2) is 10.1. The molecular formula is C20H28N4O6S. The topological polar surface area (TPSA) is 117 Å². The van der Waals surface area contributed by atoms with E-state index >= 15 is 0 Å². The molecule has 2 aliphatic heterocycles. The zero-order valence-corrected chi connectivity index (χ0v) is 18.3. The molecule has 0 atom stereocenters. The Kier molecular flexibility index (Phi) is 7.52. The molecule has 0 aromatic heterocycles. The average molecular weight is 453 g/mol. The summed E-state index contributed by atoms with van der Waals surface area (Å²) in [4.78, 5) is 25.9. The van der Waals surface area contributed by atoms with Crippen molar-refractivity contribution in [1.29, 1.82) is 0 Å². The van der Waals surface area contributed by atoms with E-state index in [1.54, 1.807) is 24.0 Å². The first kappa shape index (κ1) is 23.0. The van der Waals surface area contributed by atoms with Crippen molar-refractivity contribution in [3.63, 3.8) is 0 Å². The number of benzene rings is 1. The number of carbonyl (C=O) groups excluding carboxylic acids is 2. The van der Waals surface area contributed by atoms with Crippen LogP contribution < -0.4 is 10.6 Å². The highest BCUT2D eigenvalue weighted by molar-refractivity contribution is 7.89. The molecule has 0 radical (unpaired) electrons. The predicted octanol–water partition coefficient (Wildman–Crippen LogP) is 1.96. The van der Waals surface area contributed by atoms with Gasteiger partial charge >= 0.3 is 12.1 Å². The van der Waals surface area contributed by atoms with E-state index in [4.69, 9.17) is 9.47 Å². The molecule has 3 rings (SSSR count). The number of sulfonamides is 1. The highest BCUT2D eigenvalue weighted by atomic mass is 32.2. The Labute approximate surface area is 182 Å². The summed E-state index contributed by atoms with van der Waals surface area (Å²) < 4.78 is 36.9. The van der Waals surface area contributed by atoms with E-state index < -0.39 is 16.1 Å². The molecule has 2 N–H and O–H groups in total. The predicted molar refractivity (Wildman–Crippen MR) is 114 cm³/mol. The molecule has 10 nitrogen and oxygen atoms in total. The molecule has 2 heterocycles. The summed E-state index contributed by atoms with van der Waals surface area (Å²) in [7, 11) is -3.57. The number of nitrogens with zero attached hydrogens (tertiary/aromatic N) is 2. The SMILES string of the molecule is C=C(C)OC(=O)N1CCC(NC(=O)Nc2ccc(S(=O)(=O)N3CCOCC3)cc2)CC1. The quantitative estimate of drug-likeness (QED) is 0.660. The van der Waals surface area contributed by atoms with E-state index in [9.17, 15) is 18.0 Å². The van der Waals surface area contributed by atoms with Crippen molar-refractivity contribution < 1.29 is 27.5 Å². The van der Waals surface area contributed by atoms with Gasteiger partial charge in [0, 0.05) is 37.9 Å². The van der Waals surface area contributed by atoms with E-state index in [1.807, 2.05) is 0 Å². The number of piperidine rings is 1. The smallest absolute Gasteiger partial charge is 0.414 e. The summed E-state index contributed by atoms with van der Waals surface area (Å²) in [6.07, 6.45) is 0.785. The first-order valence-corrected chi connectivity index (χ1v) is 11.6. The van der Waals surface area contributed by atoms with Gasteiger partial charge in [0.05, 0.1) is 23.9 Å². The molecule has 170 valence electrons. The molecule has 0 unspecified atom stereocenters. The van der Waals surface area contributed by atoms with Crippen LogP contribution in [0.15, 0.2) is 41.5 Å². The third kappa shape index (κ3) is 6.18. The lowest BCUT2D eigenvalue weighted by molar-refractivity contribution is 0.0730. The number of hydrogen-bond acceptors (Lipinski definition) is 6. The van der Waals surface area contributed by atoms with E-state index in [0.717, 1.165) is 0 Å². The number of urea groups is 1. The Balaban J connectivity index is 1.48. The first-order chi connectivity index (χ1) is 14.8. The fourth-order valence-electron chi connectivity index (χ4n) is 3.42. The van der Waals surface area contributed by atoms with Gasteiger partial charge in [-0.1, -0.05) is 6.58 Å². The summed E-state index contributed by atoms with van der Waals surface area (Å²) in [6.45, 7) is 7.54. The van der Waals surface area contributed by atoms with Crippen molar-refractivity contribution in [3.05, 3.63) is 36.6 Å². The molecular weight excluding hydrogens is 424 g/mol. The lowest BCUT2D eigenvalue weighted by atomic mass is 10.1. The van der Waals surface area contributed by atoms with E-state index in [1.165, 1.54) is 16.4 Å². The molecule has 1 aromatic rings. The molecule has 31 heavy (non-hydrogen) atoms. The van der Waals surface area contributed by atoms with Crippen LogP contribution in [0.4, 0.5) is 15.3 Å². The third-order valence-electron chi connectivity index (χ3n) is 5.07. The van der Waals surface area contributed by atoms with Crippen LogP contribution in [0, 0.1) is 0 Å². The van der Waals surface area contributed by atoms with Crippen molar-refractivity contribution in [2.45, 2.75) is 30.7 Å². The Morgan fingerprint density at radius 2 is 1.71 bits per heavy atom. The third-order valence-corrected chi connectivity index (χ3v) is 6.98. The van der Waals surface area contributed by atoms with Gasteiger partial charge < -0.3 is 25.0 Å². The molecule has 0 saturated carbocycles. The summed E-state index contributed by atoms with van der Waals surface area (Å²) in [6, 6.07) is 5.62. The van der Waals surface area contributed by atoms with Crippen LogP contribution >= 0.6 is 0 Å². The Morgan fingerprint density at radius 1 is 1.10 bits per heavy atom. The van der Waals surface area contributed by atoms with Crippen LogP contribution in [0.1, 0.15) is 19.8 Å². The minimum Gasteiger partial charge on any atom is -0.416 e. The van der Waals surface area contributed by atoms with Crippen molar-refractivity contribution in [2.75, 3.05) is 44.7 Å². The maximum absolute atomic E-state index is 12.6. The molecule has 11 heteroatoms. The number of amides is 3. The Hall–Kier alpha value is -2.63. The molecule has 0 spiro atoms. The maximum atomic E-state index is 12.6. The van der Waals surface area contributed by atoms with Gasteiger partial charge in [0.15, 0.2) is 0 Å². The molecule has 2 saturated heterocycles. The highest BCUT2D eigenvalue weighted by Crippen LogP contribution is 2.19. The minimum absolute atomic E-state index is 0.0742. The Bertz CT molecular complexity index is 904. The zero-order valence-electron chi connectivity index (χ0n) is 17.5. The summed E-state index contributed by atoms with van der Waals surface area (Å²) in [5, 5.41) is 5.59. The lowest BCUT2D eigenvalue weighted by Gasteiger charge is -2.31. The van der Waals surface area contributed by atoms with Gasteiger partial charge in [-0.05, 0) is 44.0 Å². The zero-order chi connectivity index (χ0) is 22.4. The number of rotatable bonds is 5. The van der Waals surface area contributed by atoms with Gasteiger partial charge in [-0.3, -0.25) is 0 Å². The first-order valence-electron chi connectivity index (χ1n) is 10.1. The molecule has 1 aromatic carbocycles. The van der Waals surface area contributed by atoms with Crippen molar-refractivity contribution in [1.82, 2.24) is 14.5 Å². The molecule has 0 bridgehead atoms. The van der Waals surface area contributed by atoms with Crippen LogP contribution in [-0.4, -0.2) is 75.2 Å². The van der Waals surface area contributed by atoms with Gasteiger partial charge in [0.1, 0.15) is 0 Å². The number of likely N-dealkylation sites (tertiary alicyclic amines) is 1. The van der Waals surface area contributed by atoms with Gasteiger partial charge in [-0.25, -0.2) is 18.0 Å². The highest BCUT2D eigenvalue weighted by Gasteiger charge is 2.27. The number of carbonyl (C=O) groups is 2. The van der Waals surface area contributed by atoms with E-state index in [-0.39, 0.29) is 17.0 Å². The van der Waals surface area contributed by atoms with E-state index in [2.05, 4.69) is 17.2 Å². The van der Waals surface area contributed by atoms with Crippen LogP contribution in [0.25, 0.3) is 0 Å². The summed E-state index contributed by atoms with van der Waals surface area (Å²) in [5.41, 5.74) is 0.487. The largest absolute Gasteiger partial charge is 0.416 e. The van der Waals surface area contributed by atoms with Gasteiger partial charge in [0.25, 0.3) is 0 Å². The number of ether oxygens (including phenoxy) is 2.